The molecular formula is C17H28N4O3. The molecule has 7 heteroatoms. The summed E-state index contributed by atoms with van der Waals surface area (Å²) in [5.41, 5.74) is 0. The van der Waals surface area contributed by atoms with E-state index >= 15 is 0 Å². The van der Waals surface area contributed by atoms with E-state index in [-0.39, 0.29) is 18.1 Å². The number of hydrogen-bond acceptors (Lipinski definition) is 5. The summed E-state index contributed by atoms with van der Waals surface area (Å²) < 4.78 is 13.1. The van der Waals surface area contributed by atoms with Crippen molar-refractivity contribution in [2.24, 2.45) is 0 Å². The Kier molecular flexibility index (Phi) is 5.84. The largest absolute Gasteiger partial charge is 0.378 e. The first-order valence-electron chi connectivity index (χ1n) is 9.00. The minimum atomic E-state index is 0.168. The van der Waals surface area contributed by atoms with Crippen LogP contribution in [0.3, 0.4) is 0 Å². The Morgan fingerprint density at radius 3 is 2.92 bits per heavy atom. The first kappa shape index (κ1) is 17.4. The molecule has 0 radical (unpaired) electrons. The van der Waals surface area contributed by atoms with Crippen LogP contribution in [0.2, 0.25) is 0 Å². The first-order valence-corrected chi connectivity index (χ1v) is 9.00. The number of rotatable bonds is 6. The number of amides is 1. The van der Waals surface area contributed by atoms with Gasteiger partial charge in [-0.05, 0) is 39.5 Å². The van der Waals surface area contributed by atoms with Gasteiger partial charge in [0.05, 0.1) is 31.8 Å². The smallest absolute Gasteiger partial charge is 0.224 e. The van der Waals surface area contributed by atoms with E-state index in [9.17, 15) is 4.79 Å². The van der Waals surface area contributed by atoms with Crippen LogP contribution in [0.5, 0.6) is 0 Å². The molecule has 2 aliphatic heterocycles. The van der Waals surface area contributed by atoms with Crippen LogP contribution < -0.4 is 0 Å². The monoisotopic (exact) mass is 336 g/mol. The lowest BCUT2D eigenvalue weighted by Crippen LogP contribution is -2.41. The van der Waals surface area contributed by atoms with Gasteiger partial charge in [-0.25, -0.2) is 9.67 Å². The molecule has 3 rings (SSSR count). The van der Waals surface area contributed by atoms with Crippen LogP contribution in [-0.2, 0) is 14.3 Å². The van der Waals surface area contributed by atoms with E-state index in [1.807, 2.05) is 23.4 Å². The second-order valence-electron chi connectivity index (χ2n) is 6.75. The van der Waals surface area contributed by atoms with Crippen molar-refractivity contribution in [1.29, 1.82) is 0 Å². The summed E-state index contributed by atoms with van der Waals surface area (Å²) in [5, 5.41) is 4.48. The van der Waals surface area contributed by atoms with Crippen molar-refractivity contribution in [1.82, 2.24) is 19.7 Å². The van der Waals surface area contributed by atoms with Crippen molar-refractivity contribution >= 4 is 5.91 Å². The average molecular weight is 336 g/mol. The van der Waals surface area contributed by atoms with Crippen LogP contribution in [0.25, 0.3) is 0 Å². The third kappa shape index (κ3) is 4.33. The minimum absolute atomic E-state index is 0.168. The number of nitrogens with zero attached hydrogens (tertiary/aromatic N) is 4. The summed E-state index contributed by atoms with van der Waals surface area (Å²) in [7, 11) is 0. The fourth-order valence-corrected chi connectivity index (χ4v) is 3.57. The maximum Gasteiger partial charge on any atom is 0.224 e. The normalized spacial score (nSPS) is 24.5. The van der Waals surface area contributed by atoms with Crippen molar-refractivity contribution in [3.8, 4) is 0 Å². The summed E-state index contributed by atoms with van der Waals surface area (Å²) >= 11 is 0. The van der Waals surface area contributed by atoms with Crippen LogP contribution in [0.1, 0.15) is 49.8 Å². The Balaban J connectivity index is 1.43. The van der Waals surface area contributed by atoms with Gasteiger partial charge in [0.2, 0.25) is 5.91 Å². The maximum atomic E-state index is 12.4. The molecule has 1 aromatic rings. The van der Waals surface area contributed by atoms with Gasteiger partial charge in [0.1, 0.15) is 11.6 Å². The number of ether oxygens (including phenoxy) is 2. The van der Waals surface area contributed by atoms with Crippen molar-refractivity contribution in [3.05, 3.63) is 11.6 Å². The number of likely N-dealkylation sites (tertiary alicyclic amines) is 1. The molecule has 7 nitrogen and oxygen atoms in total. The Hall–Kier alpha value is -1.47. The predicted octanol–water partition coefficient (Wildman–Crippen LogP) is 1.64. The molecule has 2 atom stereocenters. The molecular weight excluding hydrogens is 308 g/mol. The highest BCUT2D eigenvalue weighted by atomic mass is 16.5. The number of piperidine rings is 1. The molecule has 3 heterocycles. The molecule has 24 heavy (non-hydrogen) atoms. The van der Waals surface area contributed by atoms with Gasteiger partial charge in [0.15, 0.2) is 0 Å². The third-order valence-electron chi connectivity index (χ3n) is 4.79. The van der Waals surface area contributed by atoms with E-state index in [1.54, 1.807) is 0 Å². The summed E-state index contributed by atoms with van der Waals surface area (Å²) in [5.74, 6) is 1.88. The Morgan fingerprint density at radius 2 is 2.21 bits per heavy atom. The average Bonchev–Trinajstić information content (AvgIpc) is 3.21. The van der Waals surface area contributed by atoms with Crippen LogP contribution in [-0.4, -0.2) is 64.6 Å². The van der Waals surface area contributed by atoms with Crippen molar-refractivity contribution < 1.29 is 14.3 Å². The van der Waals surface area contributed by atoms with Gasteiger partial charge in [-0.3, -0.25) is 4.79 Å². The summed E-state index contributed by atoms with van der Waals surface area (Å²) in [6.45, 7) is 7.33. The molecule has 0 unspecified atom stereocenters. The Morgan fingerprint density at radius 1 is 1.33 bits per heavy atom. The highest BCUT2D eigenvalue weighted by molar-refractivity contribution is 5.76. The summed E-state index contributed by atoms with van der Waals surface area (Å²) in [4.78, 5) is 18.7. The first-order chi connectivity index (χ1) is 11.6. The molecule has 1 amide bonds. The van der Waals surface area contributed by atoms with Crippen molar-refractivity contribution in [2.75, 3.05) is 32.9 Å². The lowest BCUT2D eigenvalue weighted by atomic mass is 10.1. The fraction of sp³-hybridized carbons (Fsp3) is 0.824. The molecule has 2 aliphatic rings. The maximum absolute atomic E-state index is 12.4. The van der Waals surface area contributed by atoms with Gasteiger partial charge in [0, 0.05) is 19.7 Å². The molecule has 0 saturated carbocycles. The van der Waals surface area contributed by atoms with Gasteiger partial charge >= 0.3 is 0 Å². The summed E-state index contributed by atoms with van der Waals surface area (Å²) in [6, 6.07) is 0.233. The van der Waals surface area contributed by atoms with Crippen LogP contribution in [0.15, 0.2) is 0 Å². The SMILES string of the molecule is Cc1nc(C)n([C@H]2CCCN(C(=O)CCOC[C@H]3CCCO3)C2)n1. The molecule has 0 aromatic carbocycles. The molecule has 1 aromatic heterocycles. The number of aromatic nitrogens is 3. The molecule has 0 aliphatic carbocycles. The predicted molar refractivity (Wildman–Crippen MR) is 88.8 cm³/mol. The standard InChI is InChI=1S/C17H28N4O3/c1-13-18-14(2)21(19-13)15-5-3-8-20(11-15)17(22)7-10-23-12-16-6-4-9-24-16/h15-16H,3-12H2,1-2H3/t15-,16+/m0/s1. The van der Waals surface area contributed by atoms with Gasteiger partial charge in [-0.1, -0.05) is 0 Å². The van der Waals surface area contributed by atoms with Gasteiger partial charge in [0.25, 0.3) is 0 Å². The molecule has 0 N–H and O–H groups in total. The number of hydrogen-bond donors (Lipinski definition) is 0. The van der Waals surface area contributed by atoms with E-state index in [1.165, 1.54) is 0 Å². The topological polar surface area (TPSA) is 69.5 Å². The third-order valence-corrected chi connectivity index (χ3v) is 4.79. The molecule has 134 valence electrons. The van der Waals surface area contributed by atoms with E-state index in [0.29, 0.717) is 26.2 Å². The van der Waals surface area contributed by atoms with Gasteiger partial charge < -0.3 is 14.4 Å². The number of carbonyl (C=O) groups is 1. The Bertz CT molecular complexity index is 554. The molecule has 2 saturated heterocycles. The van der Waals surface area contributed by atoms with Crippen LogP contribution in [0.4, 0.5) is 0 Å². The second kappa shape index (κ2) is 8.07. The lowest BCUT2D eigenvalue weighted by molar-refractivity contribution is -0.134. The fourth-order valence-electron chi connectivity index (χ4n) is 3.57. The molecule has 0 bridgehead atoms. The highest BCUT2D eigenvalue weighted by Gasteiger charge is 2.26. The minimum Gasteiger partial charge on any atom is -0.378 e. The highest BCUT2D eigenvalue weighted by Crippen LogP contribution is 2.22. The molecule has 2 fully saturated rings. The number of aryl methyl sites for hydroxylation is 2. The van der Waals surface area contributed by atoms with Crippen molar-refractivity contribution in [3.63, 3.8) is 0 Å². The quantitative estimate of drug-likeness (QED) is 0.739. The van der Waals surface area contributed by atoms with Crippen LogP contribution >= 0.6 is 0 Å². The Labute approximate surface area is 143 Å². The van der Waals surface area contributed by atoms with E-state index < -0.39 is 0 Å². The van der Waals surface area contributed by atoms with E-state index in [4.69, 9.17) is 9.47 Å². The summed E-state index contributed by atoms with van der Waals surface area (Å²) in [6.07, 6.45) is 4.89. The number of carbonyl (C=O) groups excluding carboxylic acids is 1. The zero-order valence-electron chi connectivity index (χ0n) is 14.7. The lowest BCUT2D eigenvalue weighted by Gasteiger charge is -2.33. The van der Waals surface area contributed by atoms with E-state index in [0.717, 1.165) is 50.5 Å². The van der Waals surface area contributed by atoms with Gasteiger partial charge in [-0.2, -0.15) is 5.10 Å². The molecule has 0 spiro atoms. The van der Waals surface area contributed by atoms with Crippen molar-refractivity contribution in [2.45, 2.75) is 58.1 Å². The zero-order chi connectivity index (χ0) is 16.9. The zero-order valence-corrected chi connectivity index (χ0v) is 14.7. The van der Waals surface area contributed by atoms with E-state index in [2.05, 4.69) is 10.1 Å². The van der Waals surface area contributed by atoms with Crippen LogP contribution in [0, 0.1) is 13.8 Å². The second-order valence-corrected chi connectivity index (χ2v) is 6.75. The van der Waals surface area contributed by atoms with Gasteiger partial charge in [-0.15, -0.1) is 0 Å².